The van der Waals surface area contributed by atoms with Crippen LogP contribution in [0.5, 0.6) is 0 Å². The van der Waals surface area contributed by atoms with Gasteiger partial charge in [-0.1, -0.05) is 13.8 Å². The van der Waals surface area contributed by atoms with Crippen LogP contribution < -0.4 is 16.8 Å². The van der Waals surface area contributed by atoms with Gasteiger partial charge in [-0.05, 0) is 38.1 Å². The van der Waals surface area contributed by atoms with Gasteiger partial charge in [-0.2, -0.15) is 0 Å². The standard InChI is InChI=1S/C16H28N4O3/c1-10(2)13(18)15(23)20-8-4-6-16(20,12(21)9-17)14(22)11-5-3-7-19-11/h10-11,13,19H,3-9,17-18H2,1-2H3. The van der Waals surface area contributed by atoms with Crippen LogP contribution in [0.15, 0.2) is 0 Å². The number of likely N-dealkylation sites (tertiary alicyclic amines) is 1. The second-order valence-electron chi connectivity index (χ2n) is 6.86. The predicted octanol–water partition coefficient (Wildman–Crippen LogP) is -0.820. The molecule has 0 bridgehead atoms. The van der Waals surface area contributed by atoms with Crippen LogP contribution in [0.1, 0.15) is 39.5 Å². The van der Waals surface area contributed by atoms with E-state index >= 15 is 0 Å². The highest BCUT2D eigenvalue weighted by atomic mass is 16.2. The molecule has 0 aromatic heterocycles. The van der Waals surface area contributed by atoms with E-state index in [1.165, 1.54) is 4.90 Å². The number of hydrogen-bond donors (Lipinski definition) is 3. The van der Waals surface area contributed by atoms with Crippen molar-refractivity contribution in [1.29, 1.82) is 0 Å². The number of Topliss-reactive ketones (excluding diaryl/α,β-unsaturated/α-hetero) is 2. The summed E-state index contributed by atoms with van der Waals surface area (Å²) in [6, 6.07) is -1.10. The topological polar surface area (TPSA) is 119 Å². The number of carbonyl (C=O) groups is 3. The maximum atomic E-state index is 13.1. The summed E-state index contributed by atoms with van der Waals surface area (Å²) in [6.45, 7) is 4.59. The summed E-state index contributed by atoms with van der Waals surface area (Å²) in [5.41, 5.74) is 10.1. The van der Waals surface area contributed by atoms with Gasteiger partial charge in [0, 0.05) is 6.54 Å². The summed E-state index contributed by atoms with van der Waals surface area (Å²) in [6.07, 6.45) is 2.54. The Balaban J connectivity index is 2.37. The highest BCUT2D eigenvalue weighted by Crippen LogP contribution is 2.34. The van der Waals surface area contributed by atoms with E-state index in [0.29, 0.717) is 25.8 Å². The maximum Gasteiger partial charge on any atom is 0.240 e. The molecule has 7 heteroatoms. The first-order valence-electron chi connectivity index (χ1n) is 8.44. The Morgan fingerprint density at radius 2 is 2.00 bits per heavy atom. The number of ketones is 2. The second kappa shape index (κ2) is 7.07. The lowest BCUT2D eigenvalue weighted by Gasteiger charge is -2.39. The molecule has 0 aromatic carbocycles. The van der Waals surface area contributed by atoms with Crippen LogP contribution in [0.25, 0.3) is 0 Å². The van der Waals surface area contributed by atoms with Gasteiger partial charge in [0.25, 0.3) is 0 Å². The number of hydrogen-bond acceptors (Lipinski definition) is 6. The molecule has 2 saturated heterocycles. The maximum absolute atomic E-state index is 13.1. The van der Waals surface area contributed by atoms with Gasteiger partial charge >= 0.3 is 0 Å². The molecule has 2 heterocycles. The van der Waals surface area contributed by atoms with E-state index in [0.717, 1.165) is 13.0 Å². The molecule has 0 radical (unpaired) electrons. The zero-order valence-corrected chi connectivity index (χ0v) is 14.0. The van der Waals surface area contributed by atoms with E-state index in [4.69, 9.17) is 11.5 Å². The third-order valence-corrected chi connectivity index (χ3v) is 5.08. The van der Waals surface area contributed by atoms with Gasteiger partial charge in [0.1, 0.15) is 0 Å². The third kappa shape index (κ3) is 3.05. The number of amides is 1. The van der Waals surface area contributed by atoms with Crippen molar-refractivity contribution in [1.82, 2.24) is 10.2 Å². The minimum atomic E-state index is -1.43. The second-order valence-corrected chi connectivity index (χ2v) is 6.86. The molecule has 0 spiro atoms. The lowest BCUT2D eigenvalue weighted by molar-refractivity contribution is -0.153. The smallest absolute Gasteiger partial charge is 0.240 e. The van der Waals surface area contributed by atoms with E-state index in [1.807, 2.05) is 13.8 Å². The SMILES string of the molecule is CC(C)C(N)C(=O)N1CCCC1(C(=O)CN)C(=O)C1CCCN1. The normalized spacial score (nSPS) is 29.1. The van der Waals surface area contributed by atoms with Gasteiger partial charge in [-0.3, -0.25) is 14.4 Å². The molecule has 2 rings (SSSR count). The van der Waals surface area contributed by atoms with Gasteiger partial charge < -0.3 is 21.7 Å². The molecule has 2 fully saturated rings. The predicted molar refractivity (Wildman–Crippen MR) is 86.6 cm³/mol. The molecule has 130 valence electrons. The fourth-order valence-electron chi connectivity index (χ4n) is 3.63. The molecular formula is C16H28N4O3. The van der Waals surface area contributed by atoms with Crippen molar-refractivity contribution in [3.8, 4) is 0 Å². The first-order valence-corrected chi connectivity index (χ1v) is 8.44. The van der Waals surface area contributed by atoms with E-state index in [1.54, 1.807) is 0 Å². The van der Waals surface area contributed by atoms with Crippen molar-refractivity contribution in [2.45, 2.75) is 57.2 Å². The highest BCUT2D eigenvalue weighted by Gasteiger charge is 2.56. The molecule has 3 atom stereocenters. The largest absolute Gasteiger partial charge is 0.324 e. The number of nitrogens with one attached hydrogen (secondary N) is 1. The number of carbonyl (C=O) groups excluding carboxylic acids is 3. The minimum Gasteiger partial charge on any atom is -0.324 e. The Labute approximate surface area is 137 Å². The van der Waals surface area contributed by atoms with Crippen LogP contribution in [-0.4, -0.2) is 59.6 Å². The van der Waals surface area contributed by atoms with Crippen LogP contribution in [0.2, 0.25) is 0 Å². The first-order chi connectivity index (χ1) is 10.9. The monoisotopic (exact) mass is 324 g/mol. The third-order valence-electron chi connectivity index (χ3n) is 5.08. The molecule has 0 saturated carbocycles. The molecule has 2 aliphatic rings. The van der Waals surface area contributed by atoms with E-state index in [-0.39, 0.29) is 36.0 Å². The average molecular weight is 324 g/mol. The molecule has 23 heavy (non-hydrogen) atoms. The van der Waals surface area contributed by atoms with E-state index in [9.17, 15) is 14.4 Å². The number of nitrogens with two attached hydrogens (primary N) is 2. The molecule has 2 aliphatic heterocycles. The average Bonchev–Trinajstić information content (AvgIpc) is 3.21. The summed E-state index contributed by atoms with van der Waals surface area (Å²) in [5.74, 6) is -0.982. The number of rotatable bonds is 6. The minimum absolute atomic E-state index is 0.0616. The fourth-order valence-corrected chi connectivity index (χ4v) is 3.63. The summed E-state index contributed by atoms with van der Waals surface area (Å²) in [7, 11) is 0. The molecule has 7 nitrogen and oxygen atoms in total. The quantitative estimate of drug-likeness (QED) is 0.549. The van der Waals surface area contributed by atoms with Crippen LogP contribution >= 0.6 is 0 Å². The van der Waals surface area contributed by atoms with E-state index in [2.05, 4.69) is 5.32 Å². The lowest BCUT2D eigenvalue weighted by atomic mass is 9.81. The van der Waals surface area contributed by atoms with Crippen molar-refractivity contribution in [3.05, 3.63) is 0 Å². The fraction of sp³-hybridized carbons (Fsp3) is 0.812. The highest BCUT2D eigenvalue weighted by molar-refractivity contribution is 6.16. The molecule has 0 aromatic rings. The number of nitrogens with zero attached hydrogens (tertiary/aromatic N) is 1. The van der Waals surface area contributed by atoms with E-state index < -0.39 is 11.6 Å². The van der Waals surface area contributed by atoms with Crippen molar-refractivity contribution in [2.75, 3.05) is 19.6 Å². The van der Waals surface area contributed by atoms with Gasteiger partial charge in [0.05, 0.1) is 18.6 Å². The summed E-state index contributed by atoms with van der Waals surface area (Å²) in [4.78, 5) is 39.9. The van der Waals surface area contributed by atoms with Crippen molar-refractivity contribution < 1.29 is 14.4 Å². The van der Waals surface area contributed by atoms with Crippen LogP contribution in [-0.2, 0) is 14.4 Å². The van der Waals surface area contributed by atoms with Crippen LogP contribution in [0.3, 0.4) is 0 Å². The summed E-state index contributed by atoms with van der Waals surface area (Å²) < 4.78 is 0. The Kier molecular flexibility index (Phi) is 5.54. The van der Waals surface area contributed by atoms with Crippen molar-refractivity contribution in [3.63, 3.8) is 0 Å². The Morgan fingerprint density at radius 1 is 1.30 bits per heavy atom. The first kappa shape index (κ1) is 18.0. The summed E-state index contributed by atoms with van der Waals surface area (Å²) in [5, 5.41) is 3.14. The Hall–Kier alpha value is -1.31. The molecule has 3 unspecified atom stereocenters. The van der Waals surface area contributed by atoms with Crippen LogP contribution in [0.4, 0.5) is 0 Å². The van der Waals surface area contributed by atoms with Crippen LogP contribution in [0, 0.1) is 5.92 Å². The molecule has 1 amide bonds. The van der Waals surface area contributed by atoms with Gasteiger partial charge in [-0.25, -0.2) is 0 Å². The zero-order chi connectivity index (χ0) is 17.2. The molecule has 0 aliphatic carbocycles. The van der Waals surface area contributed by atoms with Gasteiger partial charge in [0.15, 0.2) is 17.1 Å². The molecule has 5 N–H and O–H groups in total. The van der Waals surface area contributed by atoms with Crippen molar-refractivity contribution in [2.24, 2.45) is 17.4 Å². The lowest BCUT2D eigenvalue weighted by Crippen LogP contribution is -2.66. The van der Waals surface area contributed by atoms with Crippen molar-refractivity contribution >= 4 is 17.5 Å². The van der Waals surface area contributed by atoms with Gasteiger partial charge in [0.2, 0.25) is 5.91 Å². The zero-order valence-electron chi connectivity index (χ0n) is 14.0. The Bertz CT molecular complexity index is 488. The molecular weight excluding hydrogens is 296 g/mol. The van der Waals surface area contributed by atoms with Gasteiger partial charge in [-0.15, -0.1) is 0 Å². The summed E-state index contributed by atoms with van der Waals surface area (Å²) >= 11 is 0. The Morgan fingerprint density at radius 3 is 2.52 bits per heavy atom.